The van der Waals surface area contributed by atoms with Gasteiger partial charge in [-0.2, -0.15) is 0 Å². The van der Waals surface area contributed by atoms with E-state index in [-0.39, 0.29) is 28.5 Å². The summed E-state index contributed by atoms with van der Waals surface area (Å²) in [5, 5.41) is 31.4. The van der Waals surface area contributed by atoms with E-state index in [1.807, 2.05) is 0 Å². The van der Waals surface area contributed by atoms with E-state index in [4.69, 9.17) is 4.74 Å². The number of aromatic hydroxyl groups is 2. The van der Waals surface area contributed by atoms with Crippen LogP contribution in [0.3, 0.4) is 0 Å². The second-order valence-electron chi connectivity index (χ2n) is 8.33. The van der Waals surface area contributed by atoms with E-state index in [9.17, 15) is 24.9 Å². The number of Topliss-reactive ketones (excluding diaryl/α,β-unsaturated/α-hetero) is 1. The number of para-hydroxylation sites is 2. The molecule has 0 saturated carbocycles. The quantitative estimate of drug-likeness (QED) is 0.178. The topological polar surface area (TPSA) is 107 Å². The minimum absolute atomic E-state index is 0.0165. The summed E-state index contributed by atoms with van der Waals surface area (Å²) in [5.74, 6) is -1.60. The molecule has 0 aliphatic carbocycles. The number of aliphatic hydroxyl groups excluding tert-OH is 1. The lowest BCUT2D eigenvalue weighted by molar-refractivity contribution is -0.132. The number of carbonyl (C=O) groups is 2. The number of aliphatic hydroxyl groups is 1. The van der Waals surface area contributed by atoms with Crippen LogP contribution in [0.25, 0.3) is 5.76 Å². The third-order valence-corrected chi connectivity index (χ3v) is 5.94. The molecular weight excluding hydrogens is 446 g/mol. The Bertz CT molecular complexity index is 1250. The Labute approximate surface area is 203 Å². The first-order chi connectivity index (χ1) is 16.9. The SMILES string of the molecule is CCCCCOc1ccc(/C(O)=C2\C(=O)C(=O)N(c3ccccc3O)C2c2ccc(O)cc2)cc1. The molecule has 7 heteroatoms. The fourth-order valence-corrected chi connectivity index (χ4v) is 4.13. The Morgan fingerprint density at radius 1 is 0.914 bits per heavy atom. The standard InChI is InChI=1S/C28H27NO6/c1-2-3-6-17-35-21-15-11-19(12-16-21)26(32)24-25(18-9-13-20(30)14-10-18)29(28(34)27(24)33)22-7-4-5-8-23(22)31/h4-5,7-16,25,30-32H,2-3,6,17H2,1H3/b26-24+. The smallest absolute Gasteiger partial charge is 0.300 e. The molecule has 0 spiro atoms. The molecule has 3 aromatic carbocycles. The largest absolute Gasteiger partial charge is 0.508 e. The number of hydrogen-bond donors (Lipinski definition) is 3. The van der Waals surface area contributed by atoms with Crippen LogP contribution in [0.5, 0.6) is 17.2 Å². The Balaban J connectivity index is 1.76. The molecule has 35 heavy (non-hydrogen) atoms. The van der Waals surface area contributed by atoms with Gasteiger partial charge in [0.2, 0.25) is 0 Å². The molecule has 1 fully saturated rings. The second-order valence-corrected chi connectivity index (χ2v) is 8.33. The van der Waals surface area contributed by atoms with Crippen LogP contribution in [0.4, 0.5) is 5.69 Å². The number of phenolic OH excluding ortho intramolecular Hbond substituents is 2. The molecule has 1 amide bonds. The molecule has 0 aromatic heterocycles. The van der Waals surface area contributed by atoms with Crippen LogP contribution in [0, 0.1) is 0 Å². The maximum atomic E-state index is 13.2. The predicted octanol–water partition coefficient (Wildman–Crippen LogP) is 5.29. The lowest BCUT2D eigenvalue weighted by Gasteiger charge is -2.26. The van der Waals surface area contributed by atoms with Crippen molar-refractivity contribution in [1.82, 2.24) is 0 Å². The zero-order valence-corrected chi connectivity index (χ0v) is 19.3. The first kappa shape index (κ1) is 23.9. The highest BCUT2D eigenvalue weighted by Crippen LogP contribution is 2.44. The van der Waals surface area contributed by atoms with Gasteiger partial charge in [-0.3, -0.25) is 14.5 Å². The van der Waals surface area contributed by atoms with Gasteiger partial charge in [-0.1, -0.05) is 44.0 Å². The minimum atomic E-state index is -1.01. The first-order valence-corrected chi connectivity index (χ1v) is 11.5. The number of phenols is 2. The lowest BCUT2D eigenvalue weighted by Crippen LogP contribution is -2.29. The number of nitrogens with zero attached hydrogens (tertiary/aromatic N) is 1. The number of carbonyl (C=O) groups excluding carboxylic acids is 2. The van der Waals surface area contributed by atoms with E-state index in [0.29, 0.717) is 23.5 Å². The molecule has 1 unspecified atom stereocenters. The molecule has 1 heterocycles. The lowest BCUT2D eigenvalue weighted by atomic mass is 9.95. The van der Waals surface area contributed by atoms with Crippen molar-refractivity contribution < 1.29 is 29.6 Å². The van der Waals surface area contributed by atoms with Crippen molar-refractivity contribution in [3.05, 3.63) is 89.5 Å². The van der Waals surface area contributed by atoms with Gasteiger partial charge in [0.1, 0.15) is 23.0 Å². The van der Waals surface area contributed by atoms with E-state index in [0.717, 1.165) is 19.3 Å². The van der Waals surface area contributed by atoms with Crippen LogP contribution in [-0.2, 0) is 9.59 Å². The van der Waals surface area contributed by atoms with Crippen molar-refractivity contribution >= 4 is 23.1 Å². The fourth-order valence-electron chi connectivity index (χ4n) is 4.13. The Morgan fingerprint density at radius 3 is 2.26 bits per heavy atom. The molecule has 3 aromatic rings. The molecule has 7 nitrogen and oxygen atoms in total. The predicted molar refractivity (Wildman–Crippen MR) is 132 cm³/mol. The van der Waals surface area contributed by atoms with Crippen molar-refractivity contribution in [3.8, 4) is 17.2 Å². The van der Waals surface area contributed by atoms with Gasteiger partial charge in [0.25, 0.3) is 11.7 Å². The Morgan fingerprint density at radius 2 is 1.60 bits per heavy atom. The molecule has 1 aliphatic rings. The number of ketones is 1. The summed E-state index contributed by atoms with van der Waals surface area (Å²) in [7, 11) is 0. The maximum Gasteiger partial charge on any atom is 0.300 e. The van der Waals surface area contributed by atoms with E-state index >= 15 is 0 Å². The molecule has 0 radical (unpaired) electrons. The monoisotopic (exact) mass is 473 g/mol. The number of anilines is 1. The summed E-state index contributed by atoms with van der Waals surface area (Å²) in [6.07, 6.45) is 3.12. The van der Waals surface area contributed by atoms with Gasteiger partial charge in [-0.05, 0) is 60.5 Å². The van der Waals surface area contributed by atoms with Crippen molar-refractivity contribution in [1.29, 1.82) is 0 Å². The van der Waals surface area contributed by atoms with Gasteiger partial charge < -0.3 is 20.1 Å². The van der Waals surface area contributed by atoms with Crippen LogP contribution in [0.1, 0.15) is 43.4 Å². The summed E-state index contributed by atoms with van der Waals surface area (Å²) in [6, 6.07) is 17.9. The van der Waals surface area contributed by atoms with E-state index < -0.39 is 17.7 Å². The minimum Gasteiger partial charge on any atom is -0.508 e. The summed E-state index contributed by atoms with van der Waals surface area (Å²) in [5.41, 5.74) is 0.871. The highest BCUT2D eigenvalue weighted by molar-refractivity contribution is 6.51. The summed E-state index contributed by atoms with van der Waals surface area (Å²) in [4.78, 5) is 27.5. The molecule has 1 aliphatic heterocycles. The number of hydrogen-bond acceptors (Lipinski definition) is 6. The van der Waals surface area contributed by atoms with Gasteiger partial charge >= 0.3 is 0 Å². The third-order valence-electron chi connectivity index (χ3n) is 5.94. The molecule has 1 saturated heterocycles. The number of ether oxygens (including phenoxy) is 1. The Kier molecular flexibility index (Phi) is 7.06. The summed E-state index contributed by atoms with van der Waals surface area (Å²) >= 11 is 0. The molecule has 1 atom stereocenters. The van der Waals surface area contributed by atoms with Gasteiger partial charge in [-0.25, -0.2) is 0 Å². The number of rotatable bonds is 8. The van der Waals surface area contributed by atoms with Gasteiger partial charge in [-0.15, -0.1) is 0 Å². The number of unbranched alkanes of at least 4 members (excludes halogenated alkanes) is 2. The van der Waals surface area contributed by atoms with Gasteiger partial charge in [0.05, 0.1) is 23.9 Å². The molecule has 180 valence electrons. The average molecular weight is 474 g/mol. The van der Waals surface area contributed by atoms with Crippen LogP contribution >= 0.6 is 0 Å². The van der Waals surface area contributed by atoms with Crippen molar-refractivity contribution in [2.24, 2.45) is 0 Å². The normalized spacial score (nSPS) is 17.1. The second kappa shape index (κ2) is 10.3. The summed E-state index contributed by atoms with van der Waals surface area (Å²) < 4.78 is 5.72. The Hall–Kier alpha value is -4.26. The van der Waals surface area contributed by atoms with Crippen LogP contribution in [0.2, 0.25) is 0 Å². The van der Waals surface area contributed by atoms with Crippen LogP contribution in [-0.4, -0.2) is 33.6 Å². The third kappa shape index (κ3) is 4.84. The number of amides is 1. The van der Waals surface area contributed by atoms with E-state index in [1.54, 1.807) is 48.5 Å². The molecule has 0 bridgehead atoms. The van der Waals surface area contributed by atoms with Gasteiger partial charge in [0.15, 0.2) is 0 Å². The van der Waals surface area contributed by atoms with Crippen molar-refractivity contribution in [2.45, 2.75) is 32.2 Å². The average Bonchev–Trinajstić information content (AvgIpc) is 3.13. The number of benzene rings is 3. The highest BCUT2D eigenvalue weighted by atomic mass is 16.5. The molecule has 4 rings (SSSR count). The first-order valence-electron chi connectivity index (χ1n) is 11.5. The summed E-state index contributed by atoms with van der Waals surface area (Å²) in [6.45, 7) is 2.71. The van der Waals surface area contributed by atoms with Crippen LogP contribution in [0.15, 0.2) is 78.4 Å². The van der Waals surface area contributed by atoms with Crippen LogP contribution < -0.4 is 9.64 Å². The fraction of sp³-hybridized carbons (Fsp3) is 0.214. The zero-order valence-electron chi connectivity index (χ0n) is 19.3. The molecular formula is C28H27NO6. The molecule has 3 N–H and O–H groups in total. The van der Waals surface area contributed by atoms with Crippen molar-refractivity contribution in [2.75, 3.05) is 11.5 Å². The van der Waals surface area contributed by atoms with Gasteiger partial charge in [0, 0.05) is 5.56 Å². The van der Waals surface area contributed by atoms with Crippen molar-refractivity contribution in [3.63, 3.8) is 0 Å². The maximum absolute atomic E-state index is 13.2. The van der Waals surface area contributed by atoms with E-state index in [1.165, 1.54) is 29.2 Å². The van der Waals surface area contributed by atoms with E-state index in [2.05, 4.69) is 6.92 Å². The highest BCUT2D eigenvalue weighted by Gasteiger charge is 2.47. The zero-order chi connectivity index (χ0) is 24.9.